The molecule has 1 saturated heterocycles. The first-order valence-electron chi connectivity index (χ1n) is 4.91. The average Bonchev–Trinajstić information content (AvgIpc) is 2.70. The number of nitrogens with one attached hydrogen (secondary N) is 2. The van der Waals surface area contributed by atoms with Gasteiger partial charge in [0.1, 0.15) is 4.90 Å². The lowest BCUT2D eigenvalue weighted by atomic mass is 10.3. The molecule has 1 unspecified atom stereocenters. The summed E-state index contributed by atoms with van der Waals surface area (Å²) >= 11 is 3.20. The normalized spacial score (nSPS) is 21.2. The third-order valence-corrected chi connectivity index (χ3v) is 4.29. The fourth-order valence-electron chi connectivity index (χ4n) is 1.58. The van der Waals surface area contributed by atoms with Crippen molar-refractivity contribution in [3.8, 4) is 0 Å². The standard InChI is InChI=1S/C9H12BrN3O2S/c10-7-3-9(6-12-4-7)16(14,15)13-8-1-2-11-5-8/h3-4,6,8,11,13H,1-2,5H2. The van der Waals surface area contributed by atoms with Crippen LogP contribution in [0, 0.1) is 0 Å². The van der Waals surface area contributed by atoms with E-state index in [0.717, 1.165) is 13.0 Å². The Balaban J connectivity index is 2.18. The Labute approximate surface area is 103 Å². The molecule has 16 heavy (non-hydrogen) atoms. The van der Waals surface area contributed by atoms with Gasteiger partial charge in [-0.1, -0.05) is 0 Å². The van der Waals surface area contributed by atoms with Crippen molar-refractivity contribution < 1.29 is 8.42 Å². The first kappa shape index (κ1) is 12.0. The third kappa shape index (κ3) is 2.79. The molecule has 0 aliphatic carbocycles. The van der Waals surface area contributed by atoms with Crippen molar-refractivity contribution in [1.29, 1.82) is 0 Å². The number of rotatable bonds is 3. The number of pyridine rings is 1. The lowest BCUT2D eigenvalue weighted by Crippen LogP contribution is -2.36. The highest BCUT2D eigenvalue weighted by Crippen LogP contribution is 2.15. The van der Waals surface area contributed by atoms with Crippen LogP contribution in [0.5, 0.6) is 0 Å². The van der Waals surface area contributed by atoms with Crippen LogP contribution < -0.4 is 10.0 Å². The van der Waals surface area contributed by atoms with Gasteiger partial charge in [0.2, 0.25) is 10.0 Å². The van der Waals surface area contributed by atoms with Gasteiger partial charge in [0, 0.05) is 29.5 Å². The van der Waals surface area contributed by atoms with Gasteiger partial charge in [-0.15, -0.1) is 0 Å². The van der Waals surface area contributed by atoms with Crippen molar-refractivity contribution in [2.24, 2.45) is 0 Å². The SMILES string of the molecule is O=S(=O)(NC1CCNC1)c1cncc(Br)c1. The quantitative estimate of drug-likeness (QED) is 0.852. The number of nitrogens with zero attached hydrogens (tertiary/aromatic N) is 1. The first-order valence-corrected chi connectivity index (χ1v) is 7.19. The van der Waals surface area contributed by atoms with E-state index in [1.165, 1.54) is 12.3 Å². The van der Waals surface area contributed by atoms with Crippen molar-refractivity contribution in [2.75, 3.05) is 13.1 Å². The van der Waals surface area contributed by atoms with E-state index in [0.29, 0.717) is 11.0 Å². The van der Waals surface area contributed by atoms with Crippen molar-refractivity contribution in [1.82, 2.24) is 15.0 Å². The van der Waals surface area contributed by atoms with Gasteiger partial charge in [-0.3, -0.25) is 4.98 Å². The maximum absolute atomic E-state index is 11.9. The average molecular weight is 306 g/mol. The molecule has 1 aliphatic rings. The number of halogens is 1. The molecule has 1 fully saturated rings. The summed E-state index contributed by atoms with van der Waals surface area (Å²) in [4.78, 5) is 4.03. The molecule has 2 heterocycles. The lowest BCUT2D eigenvalue weighted by Gasteiger charge is -2.11. The summed E-state index contributed by atoms with van der Waals surface area (Å²) in [7, 11) is -3.45. The fourth-order valence-corrected chi connectivity index (χ4v) is 3.36. The summed E-state index contributed by atoms with van der Waals surface area (Å²) < 4.78 is 27.2. The Morgan fingerprint density at radius 2 is 2.31 bits per heavy atom. The van der Waals surface area contributed by atoms with Gasteiger partial charge in [0.15, 0.2) is 0 Å². The van der Waals surface area contributed by atoms with Gasteiger partial charge < -0.3 is 5.32 Å². The minimum absolute atomic E-state index is 0.0241. The highest BCUT2D eigenvalue weighted by Gasteiger charge is 2.22. The van der Waals surface area contributed by atoms with Gasteiger partial charge >= 0.3 is 0 Å². The van der Waals surface area contributed by atoms with Gasteiger partial charge in [0.25, 0.3) is 0 Å². The first-order chi connectivity index (χ1) is 7.58. The molecule has 5 nitrogen and oxygen atoms in total. The van der Waals surface area contributed by atoms with Crippen LogP contribution in [-0.2, 0) is 10.0 Å². The van der Waals surface area contributed by atoms with Crippen LogP contribution in [0.2, 0.25) is 0 Å². The monoisotopic (exact) mass is 305 g/mol. The zero-order valence-electron chi connectivity index (χ0n) is 8.48. The van der Waals surface area contributed by atoms with Crippen molar-refractivity contribution >= 4 is 26.0 Å². The smallest absolute Gasteiger partial charge is 0.242 e. The molecule has 0 aromatic carbocycles. The zero-order chi connectivity index (χ0) is 11.6. The summed E-state index contributed by atoms with van der Waals surface area (Å²) in [6, 6.07) is 1.52. The second-order valence-corrected chi connectivity index (χ2v) is 6.28. The highest BCUT2D eigenvalue weighted by atomic mass is 79.9. The van der Waals surface area contributed by atoms with Crippen molar-refractivity contribution in [2.45, 2.75) is 17.4 Å². The molecule has 1 aromatic heterocycles. The third-order valence-electron chi connectivity index (χ3n) is 2.37. The summed E-state index contributed by atoms with van der Waals surface area (Å²) in [5, 5.41) is 3.11. The van der Waals surface area contributed by atoms with Gasteiger partial charge in [-0.25, -0.2) is 13.1 Å². The van der Waals surface area contributed by atoms with Crippen LogP contribution >= 0.6 is 15.9 Å². The Bertz CT molecular complexity index is 471. The van der Waals surface area contributed by atoms with Crippen LogP contribution in [-0.4, -0.2) is 32.5 Å². The molecule has 0 spiro atoms. The molecular formula is C9H12BrN3O2S. The van der Waals surface area contributed by atoms with Crippen molar-refractivity contribution in [3.05, 3.63) is 22.9 Å². The second-order valence-electron chi connectivity index (χ2n) is 3.65. The Hall–Kier alpha value is -0.500. The van der Waals surface area contributed by atoms with E-state index in [-0.39, 0.29) is 10.9 Å². The minimum Gasteiger partial charge on any atom is -0.315 e. The Kier molecular flexibility index (Phi) is 3.58. The predicted octanol–water partition coefficient (Wildman–Crippen LogP) is 0.484. The summed E-state index contributed by atoms with van der Waals surface area (Å²) in [5.41, 5.74) is 0. The van der Waals surface area contributed by atoms with E-state index in [4.69, 9.17) is 0 Å². The Morgan fingerprint density at radius 1 is 1.50 bits per heavy atom. The number of sulfonamides is 1. The van der Waals surface area contributed by atoms with Crippen LogP contribution in [0.1, 0.15) is 6.42 Å². The van der Waals surface area contributed by atoms with Crippen molar-refractivity contribution in [3.63, 3.8) is 0 Å². The number of aromatic nitrogens is 1. The molecule has 0 saturated carbocycles. The molecule has 1 atom stereocenters. The number of hydrogen-bond donors (Lipinski definition) is 2. The van der Waals surface area contributed by atoms with Crippen LogP contribution in [0.15, 0.2) is 27.8 Å². The molecule has 0 amide bonds. The minimum atomic E-state index is -3.45. The molecule has 0 radical (unpaired) electrons. The molecule has 2 N–H and O–H groups in total. The van der Waals surface area contributed by atoms with E-state index < -0.39 is 10.0 Å². The van der Waals surface area contributed by atoms with Gasteiger partial charge in [0.05, 0.1) is 0 Å². The maximum atomic E-state index is 11.9. The van der Waals surface area contributed by atoms with Crippen LogP contribution in [0.4, 0.5) is 0 Å². The molecular weight excluding hydrogens is 294 g/mol. The fraction of sp³-hybridized carbons (Fsp3) is 0.444. The molecule has 88 valence electrons. The van der Waals surface area contributed by atoms with E-state index in [2.05, 4.69) is 31.0 Å². The highest BCUT2D eigenvalue weighted by molar-refractivity contribution is 9.10. The van der Waals surface area contributed by atoms with Crippen LogP contribution in [0.3, 0.4) is 0 Å². The van der Waals surface area contributed by atoms with E-state index in [9.17, 15) is 8.42 Å². The van der Waals surface area contributed by atoms with E-state index in [1.54, 1.807) is 6.20 Å². The van der Waals surface area contributed by atoms with E-state index in [1.807, 2.05) is 0 Å². The van der Waals surface area contributed by atoms with Crippen LogP contribution in [0.25, 0.3) is 0 Å². The zero-order valence-corrected chi connectivity index (χ0v) is 10.9. The molecule has 7 heteroatoms. The summed E-state index contributed by atoms with van der Waals surface area (Å²) in [6.45, 7) is 1.53. The molecule has 1 aromatic rings. The summed E-state index contributed by atoms with van der Waals surface area (Å²) in [5.74, 6) is 0. The summed E-state index contributed by atoms with van der Waals surface area (Å²) in [6.07, 6.45) is 3.71. The van der Waals surface area contributed by atoms with E-state index >= 15 is 0 Å². The largest absolute Gasteiger partial charge is 0.315 e. The molecule has 2 rings (SSSR count). The predicted molar refractivity (Wildman–Crippen MR) is 63.5 cm³/mol. The topological polar surface area (TPSA) is 71.1 Å². The second kappa shape index (κ2) is 4.79. The maximum Gasteiger partial charge on any atom is 0.242 e. The molecule has 0 bridgehead atoms. The molecule has 1 aliphatic heterocycles. The lowest BCUT2D eigenvalue weighted by molar-refractivity contribution is 0.559. The number of hydrogen-bond acceptors (Lipinski definition) is 4. The van der Waals surface area contributed by atoms with Gasteiger partial charge in [-0.2, -0.15) is 0 Å². The van der Waals surface area contributed by atoms with Gasteiger partial charge in [-0.05, 0) is 35.0 Å². The Morgan fingerprint density at radius 3 is 2.94 bits per heavy atom.